The topological polar surface area (TPSA) is 69.5 Å². The molecule has 2 aromatic rings. The molecule has 1 fully saturated rings. The normalized spacial score (nSPS) is 19.3. The van der Waals surface area contributed by atoms with Crippen LogP contribution in [-0.4, -0.2) is 52.4 Å². The number of nitrogens with zero attached hydrogens (tertiary/aromatic N) is 4. The van der Waals surface area contributed by atoms with Gasteiger partial charge in [0, 0.05) is 31.4 Å². The Balaban J connectivity index is 1.50. The number of likely N-dealkylation sites (tertiary alicyclic amines) is 1. The Morgan fingerprint density at radius 1 is 1.42 bits per heavy atom. The molecule has 0 saturated carbocycles. The smallest absolute Gasteiger partial charge is 0.314 e. The van der Waals surface area contributed by atoms with E-state index in [1.54, 1.807) is 18.4 Å². The highest BCUT2D eigenvalue weighted by molar-refractivity contribution is 7.10. The van der Waals surface area contributed by atoms with Gasteiger partial charge in [-0.25, -0.2) is 4.68 Å². The number of methoxy groups -OCH3 is 1. The van der Waals surface area contributed by atoms with E-state index in [9.17, 15) is 4.79 Å². The van der Waals surface area contributed by atoms with E-state index in [2.05, 4.69) is 21.5 Å². The summed E-state index contributed by atoms with van der Waals surface area (Å²) in [4.78, 5) is 20.0. The molecule has 0 aliphatic carbocycles. The second-order valence-electron chi connectivity index (χ2n) is 6.19. The van der Waals surface area contributed by atoms with Gasteiger partial charge in [-0.15, -0.1) is 16.4 Å². The Kier molecular flexibility index (Phi) is 3.80. The summed E-state index contributed by atoms with van der Waals surface area (Å²) in [5.74, 6) is 0.0381. The number of aryl methyl sites for hydroxylation is 1. The lowest BCUT2D eigenvalue weighted by Gasteiger charge is -2.43. The zero-order valence-corrected chi connectivity index (χ0v) is 14.6. The van der Waals surface area contributed by atoms with Crippen molar-refractivity contribution in [1.82, 2.24) is 19.7 Å². The van der Waals surface area contributed by atoms with Gasteiger partial charge in [0.2, 0.25) is 5.82 Å². The molecule has 0 radical (unpaired) electrons. The van der Waals surface area contributed by atoms with Crippen LogP contribution in [0, 0.1) is 0 Å². The molecule has 7 nitrogen and oxygen atoms in total. The number of amides is 1. The van der Waals surface area contributed by atoms with E-state index >= 15 is 0 Å². The summed E-state index contributed by atoms with van der Waals surface area (Å²) in [5, 5.41) is 6.29. The van der Waals surface area contributed by atoms with Crippen LogP contribution < -0.4 is 4.74 Å². The Morgan fingerprint density at radius 3 is 2.92 bits per heavy atom. The third-order valence-electron chi connectivity index (χ3n) is 4.90. The molecule has 0 aromatic carbocycles. The summed E-state index contributed by atoms with van der Waals surface area (Å²) in [6.45, 7) is 2.06. The average Bonchev–Trinajstić information content (AvgIpc) is 3.22. The van der Waals surface area contributed by atoms with Gasteiger partial charge in [0.05, 0.1) is 19.3 Å². The van der Waals surface area contributed by atoms with Crippen molar-refractivity contribution < 1.29 is 14.3 Å². The third-order valence-corrected chi connectivity index (χ3v) is 5.88. The number of carbonyl (C=O) groups excluding carboxylic acids is 1. The second-order valence-corrected chi connectivity index (χ2v) is 7.19. The molecule has 24 heavy (non-hydrogen) atoms. The summed E-state index contributed by atoms with van der Waals surface area (Å²) in [6.07, 6.45) is 2.62. The van der Waals surface area contributed by atoms with Crippen LogP contribution in [0.15, 0.2) is 11.4 Å². The number of ether oxygens (including phenoxy) is 2. The fraction of sp³-hybridized carbons (Fsp3) is 0.562. The first-order valence-corrected chi connectivity index (χ1v) is 8.96. The van der Waals surface area contributed by atoms with Crippen LogP contribution in [0.3, 0.4) is 0 Å². The van der Waals surface area contributed by atoms with Crippen molar-refractivity contribution in [1.29, 1.82) is 0 Å². The van der Waals surface area contributed by atoms with E-state index in [0.29, 0.717) is 19.1 Å². The number of hydrogen-bond donors (Lipinski definition) is 0. The molecule has 0 N–H and O–H groups in total. The Labute approximate surface area is 144 Å². The molecule has 1 spiro atoms. The Bertz CT molecular complexity index is 761. The van der Waals surface area contributed by atoms with Crippen molar-refractivity contribution in [3.8, 4) is 6.01 Å². The van der Waals surface area contributed by atoms with Gasteiger partial charge in [-0.05, 0) is 29.9 Å². The first kappa shape index (κ1) is 15.6. The molecular weight excluding hydrogens is 328 g/mol. The van der Waals surface area contributed by atoms with E-state index < -0.39 is 0 Å². The van der Waals surface area contributed by atoms with Crippen molar-refractivity contribution >= 4 is 17.2 Å². The first-order chi connectivity index (χ1) is 11.6. The van der Waals surface area contributed by atoms with E-state index in [1.165, 1.54) is 22.2 Å². The second kappa shape index (κ2) is 5.86. The summed E-state index contributed by atoms with van der Waals surface area (Å²) in [7, 11) is 3.23. The van der Waals surface area contributed by atoms with Gasteiger partial charge in [-0.3, -0.25) is 4.79 Å². The van der Waals surface area contributed by atoms with E-state index in [4.69, 9.17) is 9.47 Å². The average molecular weight is 348 g/mol. The maximum atomic E-state index is 12.6. The molecule has 4 rings (SSSR count). The van der Waals surface area contributed by atoms with Crippen molar-refractivity contribution in [2.75, 3.05) is 26.8 Å². The first-order valence-electron chi connectivity index (χ1n) is 8.08. The molecule has 0 atom stereocenters. The fourth-order valence-corrected chi connectivity index (χ4v) is 4.57. The highest BCUT2D eigenvalue weighted by Crippen LogP contribution is 2.43. The molecular formula is C16H20N4O3S. The molecule has 0 bridgehead atoms. The highest BCUT2D eigenvalue weighted by Gasteiger charge is 2.42. The number of rotatable bonds is 2. The summed E-state index contributed by atoms with van der Waals surface area (Å²) < 4.78 is 12.7. The third kappa shape index (κ3) is 2.41. The van der Waals surface area contributed by atoms with Crippen LogP contribution in [0.25, 0.3) is 0 Å². The molecule has 1 amide bonds. The van der Waals surface area contributed by atoms with Crippen molar-refractivity contribution in [3.05, 3.63) is 27.7 Å². The van der Waals surface area contributed by atoms with Crippen LogP contribution >= 0.6 is 11.3 Å². The lowest BCUT2D eigenvalue weighted by molar-refractivity contribution is -0.0927. The lowest BCUT2D eigenvalue weighted by atomic mass is 9.82. The quantitative estimate of drug-likeness (QED) is 0.824. The SMILES string of the molecule is COc1nc(C(=O)N2CCC3(CC2)OCCc2sccc23)nn1C. The van der Waals surface area contributed by atoms with Gasteiger partial charge in [-0.1, -0.05) is 0 Å². The van der Waals surface area contributed by atoms with Crippen LogP contribution in [-0.2, 0) is 23.8 Å². The zero-order chi connectivity index (χ0) is 16.7. The fourth-order valence-electron chi connectivity index (χ4n) is 3.62. The minimum Gasteiger partial charge on any atom is -0.467 e. The Hall–Kier alpha value is -1.93. The van der Waals surface area contributed by atoms with Crippen LogP contribution in [0.5, 0.6) is 6.01 Å². The van der Waals surface area contributed by atoms with Crippen molar-refractivity contribution in [2.45, 2.75) is 24.9 Å². The summed E-state index contributed by atoms with van der Waals surface area (Å²) in [5.41, 5.74) is 1.10. The number of piperidine rings is 1. The van der Waals surface area contributed by atoms with Crippen LogP contribution in [0.4, 0.5) is 0 Å². The van der Waals surface area contributed by atoms with E-state index in [-0.39, 0.29) is 17.3 Å². The molecule has 4 heterocycles. The lowest BCUT2D eigenvalue weighted by Crippen LogP contribution is -2.48. The molecule has 0 unspecified atom stereocenters. The van der Waals surface area contributed by atoms with Gasteiger partial charge >= 0.3 is 6.01 Å². The van der Waals surface area contributed by atoms with Gasteiger partial charge in [-0.2, -0.15) is 4.98 Å². The van der Waals surface area contributed by atoms with Crippen LogP contribution in [0.2, 0.25) is 0 Å². The van der Waals surface area contributed by atoms with Gasteiger partial charge < -0.3 is 14.4 Å². The highest BCUT2D eigenvalue weighted by atomic mass is 32.1. The van der Waals surface area contributed by atoms with Crippen LogP contribution in [0.1, 0.15) is 33.9 Å². The van der Waals surface area contributed by atoms with Crippen molar-refractivity contribution in [3.63, 3.8) is 0 Å². The van der Waals surface area contributed by atoms with Gasteiger partial charge in [0.1, 0.15) is 0 Å². The number of carbonyl (C=O) groups is 1. The number of aromatic nitrogens is 3. The van der Waals surface area contributed by atoms with E-state index in [1.807, 2.05) is 4.90 Å². The zero-order valence-electron chi connectivity index (χ0n) is 13.8. The molecule has 8 heteroatoms. The molecule has 128 valence electrons. The predicted molar refractivity (Wildman–Crippen MR) is 88.3 cm³/mol. The Morgan fingerprint density at radius 2 is 2.21 bits per heavy atom. The number of hydrogen-bond acceptors (Lipinski definition) is 6. The summed E-state index contributed by atoms with van der Waals surface area (Å²) in [6, 6.07) is 2.52. The monoisotopic (exact) mass is 348 g/mol. The molecule has 2 aliphatic heterocycles. The van der Waals surface area contributed by atoms with Crippen molar-refractivity contribution in [2.24, 2.45) is 7.05 Å². The molecule has 2 aliphatic rings. The van der Waals surface area contributed by atoms with Gasteiger partial charge in [0.25, 0.3) is 5.91 Å². The molecule has 1 saturated heterocycles. The maximum Gasteiger partial charge on any atom is 0.314 e. The summed E-state index contributed by atoms with van der Waals surface area (Å²) >= 11 is 1.81. The number of fused-ring (bicyclic) bond motifs is 2. The largest absolute Gasteiger partial charge is 0.467 e. The minimum atomic E-state index is -0.223. The maximum absolute atomic E-state index is 12.6. The van der Waals surface area contributed by atoms with E-state index in [0.717, 1.165) is 25.9 Å². The molecule has 2 aromatic heterocycles. The van der Waals surface area contributed by atoms with Gasteiger partial charge in [0.15, 0.2) is 0 Å². The minimum absolute atomic E-state index is 0.148. The standard InChI is InChI=1S/C16H20N4O3S/c1-19-15(22-2)17-13(18-19)14(21)20-7-5-16(6-8-20)11-4-10-24-12(11)3-9-23-16/h4,10H,3,5-9H2,1-2H3. The predicted octanol–water partition coefficient (Wildman–Crippen LogP) is 1.59. The number of thiophene rings is 1.